The number of ether oxygens (including phenoxy) is 1. The van der Waals surface area contributed by atoms with E-state index in [1.807, 2.05) is 0 Å². The molecule has 2 atom stereocenters. The van der Waals surface area contributed by atoms with Gasteiger partial charge in [-0.05, 0) is 48.9 Å². The summed E-state index contributed by atoms with van der Waals surface area (Å²) in [6.07, 6.45) is 3.72. The van der Waals surface area contributed by atoms with E-state index in [9.17, 15) is 4.79 Å². The Labute approximate surface area is 133 Å². The first-order valence-electron chi connectivity index (χ1n) is 6.90. The molecule has 1 aliphatic carbocycles. The summed E-state index contributed by atoms with van der Waals surface area (Å²) in [5, 5.41) is 4.64. The fourth-order valence-electron chi connectivity index (χ4n) is 2.56. The van der Waals surface area contributed by atoms with Gasteiger partial charge in [-0.1, -0.05) is 34.0 Å². The zero-order valence-electron chi connectivity index (χ0n) is 11.3. The molecule has 110 valence electrons. The minimum Gasteiger partial charge on any atom is -0.484 e. The first-order chi connectivity index (χ1) is 9.69. The highest BCUT2D eigenvalue weighted by atomic mass is 79.9. The molecule has 1 fully saturated rings. The van der Waals surface area contributed by atoms with Gasteiger partial charge in [-0.2, -0.15) is 0 Å². The second kappa shape index (κ2) is 7.89. The summed E-state index contributed by atoms with van der Waals surface area (Å²) in [7, 11) is 0. The summed E-state index contributed by atoms with van der Waals surface area (Å²) in [5.41, 5.74) is 0. The van der Waals surface area contributed by atoms with Crippen LogP contribution < -0.4 is 10.1 Å². The van der Waals surface area contributed by atoms with E-state index >= 15 is 0 Å². The molecule has 20 heavy (non-hydrogen) atoms. The van der Waals surface area contributed by atoms with Crippen molar-refractivity contribution in [3.8, 4) is 5.75 Å². The highest BCUT2D eigenvalue weighted by Gasteiger charge is 2.26. The highest BCUT2D eigenvalue weighted by Crippen LogP contribution is 2.32. The number of benzene rings is 1. The molecule has 1 aliphatic rings. The third-order valence-corrected chi connectivity index (χ3v) is 4.84. The molecule has 0 bridgehead atoms. The van der Waals surface area contributed by atoms with E-state index in [-0.39, 0.29) is 12.5 Å². The van der Waals surface area contributed by atoms with Crippen LogP contribution in [0.4, 0.5) is 0 Å². The molecular formula is C15H19BrClNO2. The molecule has 1 aromatic carbocycles. The Morgan fingerprint density at radius 1 is 1.30 bits per heavy atom. The van der Waals surface area contributed by atoms with Gasteiger partial charge in [-0.3, -0.25) is 4.79 Å². The number of hydrogen-bond acceptors (Lipinski definition) is 2. The van der Waals surface area contributed by atoms with E-state index in [2.05, 4.69) is 21.2 Å². The van der Waals surface area contributed by atoms with Gasteiger partial charge in [0.2, 0.25) is 0 Å². The third-order valence-electron chi connectivity index (χ3n) is 3.76. The predicted octanol–water partition coefficient (Wildman–Crippen LogP) is 3.65. The van der Waals surface area contributed by atoms with Crippen LogP contribution in [0.25, 0.3) is 0 Å². The average Bonchev–Trinajstić information content (AvgIpc) is 2.92. The summed E-state index contributed by atoms with van der Waals surface area (Å²) in [6.45, 7) is 0.798. The second-order valence-corrected chi connectivity index (χ2v) is 6.24. The maximum absolute atomic E-state index is 11.8. The molecule has 0 spiro atoms. The van der Waals surface area contributed by atoms with Crippen molar-refractivity contribution in [1.82, 2.24) is 5.32 Å². The van der Waals surface area contributed by atoms with E-state index in [4.69, 9.17) is 16.3 Å². The molecule has 1 aromatic rings. The zero-order valence-corrected chi connectivity index (χ0v) is 13.6. The van der Waals surface area contributed by atoms with Gasteiger partial charge in [0.1, 0.15) is 5.75 Å². The van der Waals surface area contributed by atoms with E-state index < -0.39 is 0 Å². The van der Waals surface area contributed by atoms with Crippen molar-refractivity contribution in [3.05, 3.63) is 29.3 Å². The molecule has 2 rings (SSSR count). The largest absolute Gasteiger partial charge is 0.484 e. The minimum atomic E-state index is -0.0693. The zero-order chi connectivity index (χ0) is 14.4. The van der Waals surface area contributed by atoms with Crippen molar-refractivity contribution in [2.45, 2.75) is 19.3 Å². The molecule has 0 aromatic heterocycles. The molecule has 1 saturated carbocycles. The van der Waals surface area contributed by atoms with E-state index in [1.165, 1.54) is 19.3 Å². The summed E-state index contributed by atoms with van der Waals surface area (Å²) in [5.74, 6) is 1.87. The van der Waals surface area contributed by atoms with Crippen LogP contribution in [0, 0.1) is 11.8 Å². The van der Waals surface area contributed by atoms with Crippen LogP contribution in [0.5, 0.6) is 5.75 Å². The van der Waals surface area contributed by atoms with Crippen molar-refractivity contribution in [1.29, 1.82) is 0 Å². The Hall–Kier alpha value is -0.740. The van der Waals surface area contributed by atoms with Crippen LogP contribution in [-0.2, 0) is 4.79 Å². The molecular weight excluding hydrogens is 342 g/mol. The lowest BCUT2D eigenvalue weighted by Gasteiger charge is -2.17. The molecule has 1 N–H and O–H groups in total. The van der Waals surface area contributed by atoms with Crippen LogP contribution in [0.15, 0.2) is 24.3 Å². The molecule has 0 radical (unpaired) electrons. The fourth-order valence-corrected chi connectivity index (χ4v) is 3.54. The summed E-state index contributed by atoms with van der Waals surface area (Å²) >= 11 is 9.33. The maximum atomic E-state index is 11.8. The lowest BCUT2D eigenvalue weighted by Crippen LogP contribution is -2.34. The smallest absolute Gasteiger partial charge is 0.257 e. The van der Waals surface area contributed by atoms with Gasteiger partial charge in [0.15, 0.2) is 6.61 Å². The number of carbonyl (C=O) groups excluding carboxylic acids is 1. The summed E-state index contributed by atoms with van der Waals surface area (Å²) < 4.78 is 5.41. The minimum absolute atomic E-state index is 0.0489. The van der Waals surface area contributed by atoms with Gasteiger partial charge in [0.25, 0.3) is 5.91 Å². The van der Waals surface area contributed by atoms with Gasteiger partial charge >= 0.3 is 0 Å². The first kappa shape index (κ1) is 15.6. The maximum Gasteiger partial charge on any atom is 0.257 e. The van der Waals surface area contributed by atoms with E-state index in [1.54, 1.807) is 24.3 Å². The number of amides is 1. The van der Waals surface area contributed by atoms with E-state index in [0.717, 1.165) is 11.9 Å². The molecule has 1 amide bonds. The van der Waals surface area contributed by atoms with Crippen LogP contribution in [0.1, 0.15) is 19.3 Å². The number of carbonyl (C=O) groups is 1. The SMILES string of the molecule is O=C(COc1ccc(Cl)cc1)NCC1CCCC1CBr. The Balaban J connectivity index is 1.69. The third kappa shape index (κ3) is 4.67. The number of alkyl halides is 1. The Kier molecular flexibility index (Phi) is 6.17. The van der Waals surface area contributed by atoms with Crippen molar-refractivity contribution in [2.75, 3.05) is 18.5 Å². The van der Waals surface area contributed by atoms with Crippen LogP contribution in [0.2, 0.25) is 5.02 Å². The first-order valence-corrected chi connectivity index (χ1v) is 8.40. The number of nitrogens with one attached hydrogen (secondary N) is 1. The quantitative estimate of drug-likeness (QED) is 0.787. The Morgan fingerprint density at radius 3 is 2.70 bits per heavy atom. The number of hydrogen-bond donors (Lipinski definition) is 1. The molecule has 2 unspecified atom stereocenters. The standard InChI is InChI=1S/C15H19BrClNO2/c16-8-11-2-1-3-12(11)9-18-15(19)10-20-14-6-4-13(17)5-7-14/h4-7,11-12H,1-3,8-10H2,(H,18,19). The monoisotopic (exact) mass is 359 g/mol. The molecule has 0 saturated heterocycles. The van der Waals surface area contributed by atoms with Gasteiger partial charge in [0.05, 0.1) is 0 Å². The molecule has 5 heteroatoms. The number of halogens is 2. The highest BCUT2D eigenvalue weighted by molar-refractivity contribution is 9.09. The lowest BCUT2D eigenvalue weighted by molar-refractivity contribution is -0.123. The summed E-state index contributed by atoms with van der Waals surface area (Å²) in [6, 6.07) is 7.00. The van der Waals surface area contributed by atoms with Crippen molar-refractivity contribution in [3.63, 3.8) is 0 Å². The topological polar surface area (TPSA) is 38.3 Å². The van der Waals surface area contributed by atoms with Crippen LogP contribution >= 0.6 is 27.5 Å². The second-order valence-electron chi connectivity index (χ2n) is 5.15. The molecule has 3 nitrogen and oxygen atoms in total. The van der Waals surface area contributed by atoms with Crippen LogP contribution in [0.3, 0.4) is 0 Å². The molecule has 0 aliphatic heterocycles. The van der Waals surface area contributed by atoms with Gasteiger partial charge in [-0.15, -0.1) is 0 Å². The Bertz CT molecular complexity index is 438. The normalized spacial score (nSPS) is 21.7. The van der Waals surface area contributed by atoms with E-state index in [0.29, 0.717) is 22.6 Å². The van der Waals surface area contributed by atoms with Gasteiger partial charge in [0, 0.05) is 16.9 Å². The van der Waals surface area contributed by atoms with Gasteiger partial charge < -0.3 is 10.1 Å². The van der Waals surface area contributed by atoms with Crippen molar-refractivity contribution < 1.29 is 9.53 Å². The average molecular weight is 361 g/mol. The predicted molar refractivity (Wildman–Crippen MR) is 84.6 cm³/mol. The summed E-state index contributed by atoms with van der Waals surface area (Å²) in [4.78, 5) is 11.8. The van der Waals surface area contributed by atoms with Crippen molar-refractivity contribution >= 4 is 33.4 Å². The fraction of sp³-hybridized carbons (Fsp3) is 0.533. The van der Waals surface area contributed by atoms with Gasteiger partial charge in [-0.25, -0.2) is 0 Å². The Morgan fingerprint density at radius 2 is 2.00 bits per heavy atom. The van der Waals surface area contributed by atoms with Crippen LogP contribution in [-0.4, -0.2) is 24.4 Å². The lowest BCUT2D eigenvalue weighted by atomic mass is 9.98. The number of rotatable bonds is 6. The molecule has 0 heterocycles. The van der Waals surface area contributed by atoms with Crippen molar-refractivity contribution in [2.24, 2.45) is 11.8 Å².